The molecule has 3 N–H and O–H groups in total. The Morgan fingerprint density at radius 1 is 1.09 bits per heavy atom. The molecule has 11 heteroatoms. The summed E-state index contributed by atoms with van der Waals surface area (Å²) in [6, 6.07) is 12.5. The van der Waals surface area contributed by atoms with Crippen molar-refractivity contribution in [3.63, 3.8) is 0 Å². The molecule has 1 aliphatic rings. The molecule has 0 aliphatic carbocycles. The second kappa shape index (κ2) is 8.26. The molecule has 2 aromatic carbocycles. The summed E-state index contributed by atoms with van der Waals surface area (Å²) in [6.45, 7) is 4.39. The zero-order valence-electron chi connectivity index (χ0n) is 18.4. The van der Waals surface area contributed by atoms with E-state index in [1.54, 1.807) is 50.2 Å². The average Bonchev–Trinajstić information content (AvgIpc) is 3.44. The predicted molar refractivity (Wildman–Crippen MR) is 133 cm³/mol. The van der Waals surface area contributed by atoms with E-state index < -0.39 is 16.1 Å². The van der Waals surface area contributed by atoms with Gasteiger partial charge in [-0.2, -0.15) is 0 Å². The minimum absolute atomic E-state index is 0.0653. The van der Waals surface area contributed by atoms with Gasteiger partial charge in [-0.25, -0.2) is 22.9 Å². The zero-order chi connectivity index (χ0) is 24.0. The summed E-state index contributed by atoms with van der Waals surface area (Å²) in [6.07, 6.45) is 0.826. The summed E-state index contributed by atoms with van der Waals surface area (Å²) in [5.41, 5.74) is 3.58. The first-order chi connectivity index (χ1) is 16.2. The molecule has 174 valence electrons. The third-order valence-corrected chi connectivity index (χ3v) is 8.42. The maximum atomic E-state index is 13.3. The highest BCUT2D eigenvalue weighted by atomic mass is 32.2. The normalized spacial score (nSPS) is 12.9. The Morgan fingerprint density at radius 2 is 1.85 bits per heavy atom. The number of amides is 2. The molecular formula is C23H21N5O4S2. The highest BCUT2D eigenvalue weighted by molar-refractivity contribution is 7.92. The van der Waals surface area contributed by atoms with Crippen molar-refractivity contribution in [1.82, 2.24) is 14.3 Å². The molecule has 0 unspecified atom stereocenters. The van der Waals surface area contributed by atoms with Gasteiger partial charge in [0.2, 0.25) is 0 Å². The van der Waals surface area contributed by atoms with Crippen LogP contribution in [0.5, 0.6) is 0 Å². The van der Waals surface area contributed by atoms with Crippen molar-refractivity contribution in [2.45, 2.75) is 24.5 Å². The highest BCUT2D eigenvalue weighted by Crippen LogP contribution is 2.28. The molecule has 0 spiro atoms. The number of aryl methyl sites for hydroxylation is 2. The van der Waals surface area contributed by atoms with E-state index in [0.29, 0.717) is 22.6 Å². The van der Waals surface area contributed by atoms with Gasteiger partial charge in [-0.3, -0.25) is 9.36 Å². The molecule has 0 bridgehead atoms. The molecule has 0 saturated heterocycles. The number of aromatic nitrogens is 2. The number of hydrogen-bond donors (Lipinski definition) is 3. The Morgan fingerprint density at radius 3 is 2.56 bits per heavy atom. The minimum Gasteiger partial charge on any atom is -0.384 e. The fourth-order valence-corrected chi connectivity index (χ4v) is 6.23. The monoisotopic (exact) mass is 495 g/mol. The quantitative estimate of drug-likeness (QED) is 0.398. The molecular weight excluding hydrogens is 474 g/mol. The van der Waals surface area contributed by atoms with Gasteiger partial charge in [0.15, 0.2) is 0 Å². The predicted octanol–water partition coefficient (Wildman–Crippen LogP) is 3.54. The number of rotatable bonds is 4. The molecule has 0 saturated carbocycles. The first-order valence-corrected chi connectivity index (χ1v) is 12.8. The number of nitrogens with one attached hydrogen (secondary N) is 3. The van der Waals surface area contributed by atoms with E-state index >= 15 is 0 Å². The van der Waals surface area contributed by atoms with Crippen molar-refractivity contribution in [3.05, 3.63) is 75.1 Å². The number of urea groups is 1. The third-order valence-electron chi connectivity index (χ3n) is 5.59. The second-order valence-electron chi connectivity index (χ2n) is 7.94. The largest absolute Gasteiger partial charge is 0.384 e. The molecule has 9 nitrogen and oxygen atoms in total. The van der Waals surface area contributed by atoms with Gasteiger partial charge in [-0.1, -0.05) is 0 Å². The van der Waals surface area contributed by atoms with Crippen LogP contribution in [0.1, 0.15) is 16.3 Å². The molecule has 2 amide bonds. The topological polar surface area (TPSA) is 122 Å². The van der Waals surface area contributed by atoms with E-state index in [9.17, 15) is 18.0 Å². The van der Waals surface area contributed by atoms with Gasteiger partial charge < -0.3 is 10.6 Å². The Labute approximate surface area is 199 Å². The van der Waals surface area contributed by atoms with Crippen molar-refractivity contribution in [3.8, 4) is 5.69 Å². The van der Waals surface area contributed by atoms with E-state index in [1.807, 2.05) is 10.8 Å². The van der Waals surface area contributed by atoms with Crippen LogP contribution in [0, 0.1) is 13.8 Å². The Kier molecular flexibility index (Phi) is 5.37. The lowest BCUT2D eigenvalue weighted by Gasteiger charge is -2.13. The maximum absolute atomic E-state index is 13.3. The van der Waals surface area contributed by atoms with Crippen LogP contribution in [0.4, 0.5) is 16.2 Å². The summed E-state index contributed by atoms with van der Waals surface area (Å²) in [5.74, 6) is 0.550. The number of carbonyl (C=O) groups is 1. The summed E-state index contributed by atoms with van der Waals surface area (Å²) in [7, 11) is -3.95. The molecule has 0 radical (unpaired) electrons. The van der Waals surface area contributed by atoms with Gasteiger partial charge in [0.05, 0.1) is 16.6 Å². The van der Waals surface area contributed by atoms with Crippen LogP contribution in [0.2, 0.25) is 0 Å². The third kappa shape index (κ3) is 3.93. The summed E-state index contributed by atoms with van der Waals surface area (Å²) < 4.78 is 28.2. The van der Waals surface area contributed by atoms with Crippen LogP contribution in [0.3, 0.4) is 0 Å². The fraction of sp³-hybridized carbons (Fsp3) is 0.174. The first-order valence-electron chi connectivity index (χ1n) is 10.5. The Hall–Kier alpha value is -3.70. The highest BCUT2D eigenvalue weighted by Gasteiger charge is 2.20. The van der Waals surface area contributed by atoms with Gasteiger partial charge in [-0.15, -0.1) is 11.3 Å². The SMILES string of the molecule is Cc1ccc(S(=O)(=O)NC(=O)Nc2ccc(-n3c(C)nc4c5c(ccc4c3=O)NCC5)cc2)s1. The molecule has 0 atom stereocenters. The number of anilines is 2. The number of carbonyl (C=O) groups excluding carboxylic acids is 1. The van der Waals surface area contributed by atoms with Gasteiger partial charge in [0, 0.05) is 28.4 Å². The Balaban J connectivity index is 1.39. The average molecular weight is 496 g/mol. The maximum Gasteiger partial charge on any atom is 0.333 e. The molecule has 1 aliphatic heterocycles. The number of sulfonamides is 1. The molecule has 2 aromatic heterocycles. The lowest BCUT2D eigenvalue weighted by molar-refractivity contribution is 0.256. The molecule has 0 fully saturated rings. The lowest BCUT2D eigenvalue weighted by Crippen LogP contribution is -2.33. The smallest absolute Gasteiger partial charge is 0.333 e. The summed E-state index contributed by atoms with van der Waals surface area (Å²) in [4.78, 5) is 31.0. The fourth-order valence-electron chi connectivity index (χ4n) is 4.04. The van der Waals surface area contributed by atoms with Crippen molar-refractivity contribution in [2.24, 2.45) is 0 Å². The van der Waals surface area contributed by atoms with Gasteiger partial charge in [0.25, 0.3) is 15.6 Å². The number of nitrogens with zero attached hydrogens (tertiary/aromatic N) is 2. The standard InChI is InChI=1S/C23H21N5O4S2/c1-13-3-10-20(33-13)34(31,32)27-23(30)26-15-4-6-16(7-5-15)28-14(2)25-21-17-11-12-24-19(17)9-8-18(21)22(28)29/h3-10,24H,11-12H2,1-2H3,(H2,26,27,30). The summed E-state index contributed by atoms with van der Waals surface area (Å²) >= 11 is 1.08. The van der Waals surface area contributed by atoms with Crippen molar-refractivity contribution in [1.29, 1.82) is 0 Å². The van der Waals surface area contributed by atoms with Crippen molar-refractivity contribution >= 4 is 49.7 Å². The molecule has 4 aromatic rings. The van der Waals surface area contributed by atoms with Crippen molar-refractivity contribution in [2.75, 3.05) is 17.2 Å². The molecule has 34 heavy (non-hydrogen) atoms. The van der Waals surface area contributed by atoms with E-state index in [2.05, 4.69) is 10.6 Å². The van der Waals surface area contributed by atoms with E-state index in [0.717, 1.165) is 45.9 Å². The molecule has 3 heterocycles. The lowest BCUT2D eigenvalue weighted by atomic mass is 10.1. The van der Waals surface area contributed by atoms with Crippen molar-refractivity contribution < 1.29 is 13.2 Å². The second-order valence-corrected chi connectivity index (χ2v) is 11.1. The molecule has 5 rings (SSSR count). The number of hydrogen-bond acceptors (Lipinski definition) is 7. The number of fused-ring (bicyclic) bond motifs is 3. The van der Waals surface area contributed by atoms with E-state index in [-0.39, 0.29) is 9.77 Å². The van der Waals surface area contributed by atoms with Crippen LogP contribution in [-0.4, -0.2) is 30.5 Å². The first kappa shape index (κ1) is 22.1. The van der Waals surface area contributed by atoms with Gasteiger partial charge in [-0.05, 0) is 68.8 Å². The Bertz CT molecular complexity index is 1610. The zero-order valence-corrected chi connectivity index (χ0v) is 20.0. The summed E-state index contributed by atoms with van der Waals surface area (Å²) in [5, 5.41) is 6.35. The van der Waals surface area contributed by atoms with Gasteiger partial charge >= 0.3 is 6.03 Å². The van der Waals surface area contributed by atoms with Crippen LogP contribution in [0.25, 0.3) is 16.6 Å². The van der Waals surface area contributed by atoms with Crippen LogP contribution >= 0.6 is 11.3 Å². The van der Waals surface area contributed by atoms with E-state index in [1.165, 1.54) is 10.6 Å². The van der Waals surface area contributed by atoms with Gasteiger partial charge in [0.1, 0.15) is 10.0 Å². The van der Waals surface area contributed by atoms with Crippen LogP contribution in [0.15, 0.2) is 57.5 Å². The van der Waals surface area contributed by atoms with Crippen LogP contribution in [-0.2, 0) is 16.4 Å². The number of benzene rings is 2. The van der Waals surface area contributed by atoms with E-state index in [4.69, 9.17) is 4.98 Å². The minimum atomic E-state index is -3.95. The van der Waals surface area contributed by atoms with Crippen LogP contribution < -0.4 is 20.9 Å². The number of thiophene rings is 1.